The lowest BCUT2D eigenvalue weighted by atomic mass is 10.1. The maximum atomic E-state index is 10.2. The lowest BCUT2D eigenvalue weighted by Crippen LogP contribution is -2.44. The molecule has 2 aromatic heterocycles. The maximum Gasteiger partial charge on any atom is 0.245 e. The Labute approximate surface area is 175 Å². The molecule has 1 aliphatic heterocycles. The van der Waals surface area contributed by atoms with Crippen molar-refractivity contribution < 1.29 is 5.11 Å². The van der Waals surface area contributed by atoms with Crippen LogP contribution in [0.1, 0.15) is 0 Å². The van der Waals surface area contributed by atoms with Crippen molar-refractivity contribution in [3.63, 3.8) is 0 Å². The monoisotopic (exact) mass is 400 g/mol. The van der Waals surface area contributed by atoms with Gasteiger partial charge in [-0.2, -0.15) is 0 Å². The van der Waals surface area contributed by atoms with Gasteiger partial charge in [-0.05, 0) is 55.6 Å². The van der Waals surface area contributed by atoms with Crippen molar-refractivity contribution in [1.29, 1.82) is 0 Å². The Balaban J connectivity index is 1.38. The largest absolute Gasteiger partial charge is 0.507 e. The van der Waals surface area contributed by atoms with Gasteiger partial charge in [0.15, 0.2) is 0 Å². The quantitative estimate of drug-likeness (QED) is 0.546. The van der Waals surface area contributed by atoms with E-state index in [0.29, 0.717) is 5.95 Å². The lowest BCUT2D eigenvalue weighted by Gasteiger charge is -2.34. The van der Waals surface area contributed by atoms with E-state index >= 15 is 0 Å². The lowest BCUT2D eigenvalue weighted by molar-refractivity contribution is 0.313. The molecule has 1 fully saturated rings. The molecule has 7 heteroatoms. The molecule has 0 aliphatic carbocycles. The van der Waals surface area contributed by atoms with Crippen molar-refractivity contribution in [1.82, 2.24) is 19.5 Å². The molecule has 0 unspecified atom stereocenters. The van der Waals surface area contributed by atoms with E-state index in [1.165, 1.54) is 5.69 Å². The van der Waals surface area contributed by atoms with Crippen LogP contribution in [-0.2, 0) is 0 Å². The number of benzene rings is 2. The molecule has 0 bridgehead atoms. The number of anilines is 3. The SMILES string of the molecule is CN1CCN(c2ccc(Nc3ncc4ccc(-c5ccccc5O)n4n3)cc2)CC1. The minimum Gasteiger partial charge on any atom is -0.507 e. The summed E-state index contributed by atoms with van der Waals surface area (Å²) >= 11 is 0. The van der Waals surface area contributed by atoms with E-state index in [1.807, 2.05) is 30.3 Å². The number of likely N-dealkylation sites (N-methyl/N-ethyl adjacent to an activating group) is 1. The van der Waals surface area contributed by atoms with Crippen molar-refractivity contribution in [2.45, 2.75) is 0 Å². The van der Waals surface area contributed by atoms with Gasteiger partial charge in [0.2, 0.25) is 5.95 Å². The molecule has 5 rings (SSSR count). The predicted molar refractivity (Wildman–Crippen MR) is 120 cm³/mol. The van der Waals surface area contributed by atoms with Crippen molar-refractivity contribution in [3.05, 3.63) is 66.9 Å². The van der Waals surface area contributed by atoms with Gasteiger partial charge in [-0.3, -0.25) is 0 Å². The Morgan fingerprint density at radius 2 is 1.67 bits per heavy atom. The Bertz CT molecular complexity index is 1160. The summed E-state index contributed by atoms with van der Waals surface area (Å²) in [6.45, 7) is 4.27. The normalized spacial score (nSPS) is 14.9. The summed E-state index contributed by atoms with van der Waals surface area (Å²) in [7, 11) is 2.16. The number of aromatic nitrogens is 3. The first-order chi connectivity index (χ1) is 14.7. The van der Waals surface area contributed by atoms with Crippen LogP contribution in [0.3, 0.4) is 0 Å². The number of phenols is 1. The minimum atomic E-state index is 0.227. The van der Waals surface area contributed by atoms with Crippen molar-refractivity contribution in [2.75, 3.05) is 43.4 Å². The number of fused-ring (bicyclic) bond motifs is 1. The summed E-state index contributed by atoms with van der Waals surface area (Å²) in [5.74, 6) is 0.729. The second kappa shape index (κ2) is 7.68. The zero-order valence-corrected chi connectivity index (χ0v) is 16.9. The molecule has 1 aliphatic rings. The number of aromatic hydroxyl groups is 1. The van der Waals surface area contributed by atoms with Gasteiger partial charge in [0, 0.05) is 43.1 Å². The molecule has 0 atom stereocenters. The van der Waals surface area contributed by atoms with E-state index in [0.717, 1.165) is 48.6 Å². The topological polar surface area (TPSA) is 68.9 Å². The van der Waals surface area contributed by atoms with Crippen molar-refractivity contribution in [3.8, 4) is 17.0 Å². The average molecular weight is 400 g/mol. The zero-order valence-electron chi connectivity index (χ0n) is 16.9. The first kappa shape index (κ1) is 18.4. The fourth-order valence-corrected chi connectivity index (χ4v) is 3.80. The van der Waals surface area contributed by atoms with Crippen LogP contribution < -0.4 is 10.2 Å². The second-order valence-electron chi connectivity index (χ2n) is 7.62. The Hall–Kier alpha value is -3.58. The van der Waals surface area contributed by atoms with Gasteiger partial charge in [0.25, 0.3) is 0 Å². The third-order valence-electron chi connectivity index (χ3n) is 5.57. The molecule has 0 spiro atoms. The number of piperazine rings is 1. The molecule has 0 saturated carbocycles. The molecule has 152 valence electrons. The van der Waals surface area contributed by atoms with Crippen LogP contribution in [0.5, 0.6) is 5.75 Å². The van der Waals surface area contributed by atoms with E-state index in [1.54, 1.807) is 16.8 Å². The van der Waals surface area contributed by atoms with Gasteiger partial charge in [-0.15, -0.1) is 5.10 Å². The zero-order chi connectivity index (χ0) is 20.5. The predicted octanol–water partition coefficient (Wildman–Crippen LogP) is 3.60. The highest BCUT2D eigenvalue weighted by atomic mass is 16.3. The Kier molecular flexibility index (Phi) is 4.72. The number of phenolic OH excluding ortho intramolecular Hbond substituents is 1. The van der Waals surface area contributed by atoms with Crippen LogP contribution in [0.15, 0.2) is 66.9 Å². The highest BCUT2D eigenvalue weighted by Gasteiger charge is 2.14. The molecule has 2 N–H and O–H groups in total. The van der Waals surface area contributed by atoms with Crippen molar-refractivity contribution >= 4 is 22.8 Å². The van der Waals surface area contributed by atoms with Gasteiger partial charge >= 0.3 is 0 Å². The highest BCUT2D eigenvalue weighted by Crippen LogP contribution is 2.30. The van der Waals surface area contributed by atoms with Crippen LogP contribution >= 0.6 is 0 Å². The maximum absolute atomic E-state index is 10.2. The number of para-hydroxylation sites is 1. The Morgan fingerprint density at radius 3 is 2.43 bits per heavy atom. The summed E-state index contributed by atoms with van der Waals surface area (Å²) in [5, 5.41) is 18.1. The van der Waals surface area contributed by atoms with E-state index in [2.05, 4.69) is 56.5 Å². The third kappa shape index (κ3) is 3.55. The van der Waals surface area contributed by atoms with Crippen LogP contribution in [0.25, 0.3) is 16.8 Å². The summed E-state index contributed by atoms with van der Waals surface area (Å²) < 4.78 is 1.79. The first-order valence-electron chi connectivity index (χ1n) is 10.1. The van der Waals surface area contributed by atoms with Gasteiger partial charge in [0.05, 0.1) is 17.4 Å². The summed E-state index contributed by atoms with van der Waals surface area (Å²) in [6, 6.07) is 19.5. The smallest absolute Gasteiger partial charge is 0.245 e. The molecular weight excluding hydrogens is 376 g/mol. The van der Waals surface area contributed by atoms with Crippen LogP contribution in [0.4, 0.5) is 17.3 Å². The average Bonchev–Trinajstić information content (AvgIpc) is 3.18. The van der Waals surface area contributed by atoms with Gasteiger partial charge < -0.3 is 20.2 Å². The summed E-state index contributed by atoms with van der Waals surface area (Å²) in [6.07, 6.45) is 1.78. The molecule has 3 heterocycles. The van der Waals surface area contributed by atoms with E-state index < -0.39 is 0 Å². The van der Waals surface area contributed by atoms with Gasteiger partial charge in [0.1, 0.15) is 5.75 Å². The fraction of sp³-hybridized carbons (Fsp3) is 0.217. The Morgan fingerprint density at radius 1 is 0.900 bits per heavy atom. The summed E-state index contributed by atoms with van der Waals surface area (Å²) in [5.41, 5.74) is 4.59. The van der Waals surface area contributed by atoms with Crippen LogP contribution in [-0.4, -0.2) is 57.8 Å². The van der Waals surface area contributed by atoms with E-state index in [-0.39, 0.29) is 5.75 Å². The molecule has 0 amide bonds. The molecule has 30 heavy (non-hydrogen) atoms. The number of nitrogens with zero attached hydrogens (tertiary/aromatic N) is 5. The standard InChI is InChI=1S/C23H24N6O/c1-27-12-14-28(15-13-27)18-8-6-17(7-9-18)25-23-24-16-19-10-11-21(29(19)26-23)20-4-2-3-5-22(20)30/h2-11,16,30H,12-15H2,1H3,(H,25,26). The highest BCUT2D eigenvalue weighted by molar-refractivity contribution is 5.71. The van der Waals surface area contributed by atoms with Crippen LogP contribution in [0, 0.1) is 0 Å². The number of nitrogens with one attached hydrogen (secondary N) is 1. The molecule has 2 aromatic carbocycles. The van der Waals surface area contributed by atoms with Crippen LogP contribution in [0.2, 0.25) is 0 Å². The number of rotatable bonds is 4. The molecule has 7 nitrogen and oxygen atoms in total. The summed E-state index contributed by atoms with van der Waals surface area (Å²) in [4.78, 5) is 9.19. The third-order valence-corrected chi connectivity index (χ3v) is 5.57. The number of hydrogen-bond acceptors (Lipinski definition) is 6. The minimum absolute atomic E-state index is 0.227. The first-order valence-corrected chi connectivity index (χ1v) is 10.1. The number of hydrogen-bond donors (Lipinski definition) is 2. The second-order valence-corrected chi connectivity index (χ2v) is 7.62. The molecular formula is C23H24N6O. The fourth-order valence-electron chi connectivity index (χ4n) is 3.80. The molecule has 4 aromatic rings. The van der Waals surface area contributed by atoms with Gasteiger partial charge in [-0.25, -0.2) is 9.50 Å². The van der Waals surface area contributed by atoms with Crippen molar-refractivity contribution in [2.24, 2.45) is 0 Å². The van der Waals surface area contributed by atoms with Gasteiger partial charge in [-0.1, -0.05) is 12.1 Å². The van der Waals surface area contributed by atoms with E-state index in [4.69, 9.17) is 0 Å². The molecule has 1 saturated heterocycles. The van der Waals surface area contributed by atoms with E-state index in [9.17, 15) is 5.11 Å². The molecule has 0 radical (unpaired) electrons.